The van der Waals surface area contributed by atoms with Crippen LogP contribution in [-0.2, 0) is 16.1 Å². The second kappa shape index (κ2) is 8.35. The summed E-state index contributed by atoms with van der Waals surface area (Å²) < 4.78 is 6.93. The Morgan fingerprint density at radius 3 is 2.72 bits per heavy atom. The molecule has 0 aliphatic carbocycles. The van der Waals surface area contributed by atoms with Crippen LogP contribution < -0.4 is 5.69 Å². The highest BCUT2D eigenvalue weighted by Gasteiger charge is 2.29. The zero-order valence-corrected chi connectivity index (χ0v) is 15.0. The fourth-order valence-corrected chi connectivity index (χ4v) is 3.91. The lowest BCUT2D eigenvalue weighted by Crippen LogP contribution is -2.42. The van der Waals surface area contributed by atoms with E-state index in [1.165, 1.54) is 11.8 Å². The van der Waals surface area contributed by atoms with Crippen molar-refractivity contribution in [3.63, 3.8) is 0 Å². The standard InChI is InChI=1S/C17H22N4O3S/c1-2-8-21-16(23)18-19-17(21)25-14(13-6-4-3-5-7-13)15(22)20-9-11-24-12-10-20/h3-7,14H,2,8-12H2,1H3,(H,18,23)/t14-/m1/s1. The van der Waals surface area contributed by atoms with E-state index in [0.29, 0.717) is 38.0 Å². The lowest BCUT2D eigenvalue weighted by atomic mass is 10.1. The molecule has 1 aliphatic rings. The van der Waals surface area contributed by atoms with Gasteiger partial charge in [-0.1, -0.05) is 49.0 Å². The van der Waals surface area contributed by atoms with E-state index >= 15 is 0 Å². The van der Waals surface area contributed by atoms with Crippen molar-refractivity contribution in [1.29, 1.82) is 0 Å². The van der Waals surface area contributed by atoms with Crippen LogP contribution in [0.1, 0.15) is 24.2 Å². The summed E-state index contributed by atoms with van der Waals surface area (Å²) >= 11 is 1.32. The average Bonchev–Trinajstić information content (AvgIpc) is 3.01. The molecule has 1 aromatic carbocycles. The van der Waals surface area contributed by atoms with Crippen molar-refractivity contribution in [3.8, 4) is 0 Å². The van der Waals surface area contributed by atoms with Gasteiger partial charge in [-0.25, -0.2) is 9.89 Å². The molecule has 7 nitrogen and oxygen atoms in total. The van der Waals surface area contributed by atoms with E-state index < -0.39 is 5.25 Å². The van der Waals surface area contributed by atoms with E-state index in [2.05, 4.69) is 10.2 Å². The average molecular weight is 362 g/mol. The first-order valence-electron chi connectivity index (χ1n) is 8.44. The van der Waals surface area contributed by atoms with E-state index in [9.17, 15) is 9.59 Å². The Balaban J connectivity index is 1.89. The molecule has 0 bridgehead atoms. The van der Waals surface area contributed by atoms with Crippen LogP contribution in [0.15, 0.2) is 40.3 Å². The third-order valence-corrected chi connectivity index (χ3v) is 5.28. The van der Waals surface area contributed by atoms with Crippen LogP contribution >= 0.6 is 11.8 Å². The first-order chi connectivity index (χ1) is 12.2. The van der Waals surface area contributed by atoms with Gasteiger partial charge in [0.2, 0.25) is 5.91 Å². The van der Waals surface area contributed by atoms with Crippen molar-refractivity contribution in [2.75, 3.05) is 26.3 Å². The molecule has 3 rings (SSSR count). The molecule has 1 aliphatic heterocycles. The maximum atomic E-state index is 13.1. The van der Waals surface area contributed by atoms with Gasteiger partial charge < -0.3 is 9.64 Å². The maximum absolute atomic E-state index is 13.1. The number of rotatable bonds is 6. The Hall–Kier alpha value is -2.06. The van der Waals surface area contributed by atoms with Crippen molar-refractivity contribution in [3.05, 3.63) is 46.4 Å². The molecule has 1 aromatic heterocycles. The number of morpholine rings is 1. The second-order valence-corrected chi connectivity index (χ2v) is 6.88. The monoisotopic (exact) mass is 362 g/mol. The number of hydrogen-bond donors (Lipinski definition) is 1. The minimum Gasteiger partial charge on any atom is -0.378 e. The number of benzene rings is 1. The lowest BCUT2D eigenvalue weighted by Gasteiger charge is -2.30. The molecule has 25 heavy (non-hydrogen) atoms. The van der Waals surface area contributed by atoms with Gasteiger partial charge in [-0.3, -0.25) is 9.36 Å². The number of hydrogen-bond acceptors (Lipinski definition) is 5. The number of thioether (sulfide) groups is 1. The molecule has 0 radical (unpaired) electrons. The summed E-state index contributed by atoms with van der Waals surface area (Å²) in [4.78, 5) is 26.9. The fraction of sp³-hybridized carbons (Fsp3) is 0.471. The van der Waals surface area contributed by atoms with E-state index in [1.807, 2.05) is 42.2 Å². The van der Waals surface area contributed by atoms with Crippen molar-refractivity contribution >= 4 is 17.7 Å². The Labute approximate surface area is 150 Å². The van der Waals surface area contributed by atoms with Crippen LogP contribution in [-0.4, -0.2) is 51.9 Å². The van der Waals surface area contributed by atoms with Crippen molar-refractivity contribution in [1.82, 2.24) is 19.7 Å². The number of carbonyl (C=O) groups excluding carboxylic acids is 1. The Morgan fingerprint density at radius 1 is 1.32 bits per heavy atom. The van der Waals surface area contributed by atoms with E-state index in [4.69, 9.17) is 4.74 Å². The molecule has 0 spiro atoms. The number of carbonyl (C=O) groups is 1. The molecule has 2 aromatic rings. The first kappa shape index (κ1) is 17.8. The van der Waals surface area contributed by atoms with E-state index in [1.54, 1.807) is 4.57 Å². The van der Waals surface area contributed by atoms with Gasteiger partial charge in [0.05, 0.1) is 13.2 Å². The summed E-state index contributed by atoms with van der Waals surface area (Å²) in [6, 6.07) is 9.63. The van der Waals surface area contributed by atoms with Gasteiger partial charge in [-0.2, -0.15) is 0 Å². The molecule has 2 heterocycles. The number of nitrogens with zero attached hydrogens (tertiary/aromatic N) is 3. The van der Waals surface area contributed by atoms with Gasteiger partial charge in [-0.15, -0.1) is 5.10 Å². The first-order valence-corrected chi connectivity index (χ1v) is 9.32. The molecule has 8 heteroatoms. The Morgan fingerprint density at radius 2 is 2.04 bits per heavy atom. The van der Waals surface area contributed by atoms with Crippen LogP contribution in [0.2, 0.25) is 0 Å². The van der Waals surface area contributed by atoms with Crippen molar-refractivity contribution < 1.29 is 9.53 Å². The minimum absolute atomic E-state index is 0.0259. The van der Waals surface area contributed by atoms with Crippen LogP contribution in [0.4, 0.5) is 0 Å². The zero-order chi connectivity index (χ0) is 17.6. The molecule has 0 saturated carbocycles. The largest absolute Gasteiger partial charge is 0.378 e. The molecular formula is C17H22N4O3S. The third-order valence-electron chi connectivity index (χ3n) is 4.04. The highest BCUT2D eigenvalue weighted by molar-refractivity contribution is 8.00. The van der Waals surface area contributed by atoms with Gasteiger partial charge in [0.15, 0.2) is 5.16 Å². The van der Waals surface area contributed by atoms with Crippen LogP contribution in [0, 0.1) is 0 Å². The van der Waals surface area contributed by atoms with Crippen molar-refractivity contribution in [2.45, 2.75) is 30.3 Å². The Kier molecular flexibility index (Phi) is 5.93. The zero-order valence-electron chi connectivity index (χ0n) is 14.2. The van der Waals surface area contributed by atoms with Crippen LogP contribution in [0.3, 0.4) is 0 Å². The van der Waals surface area contributed by atoms with Gasteiger partial charge in [-0.05, 0) is 12.0 Å². The number of aromatic amines is 1. The quantitative estimate of drug-likeness (QED) is 0.791. The highest BCUT2D eigenvalue weighted by atomic mass is 32.2. The molecule has 1 N–H and O–H groups in total. The summed E-state index contributed by atoms with van der Waals surface area (Å²) in [6.45, 7) is 4.87. The fourth-order valence-electron chi connectivity index (χ4n) is 2.76. The van der Waals surface area contributed by atoms with Crippen LogP contribution in [0.25, 0.3) is 0 Å². The molecule has 1 saturated heterocycles. The molecule has 1 amide bonds. The topological polar surface area (TPSA) is 80.2 Å². The summed E-state index contributed by atoms with van der Waals surface area (Å²) in [5.41, 5.74) is 0.664. The molecule has 1 fully saturated rings. The summed E-state index contributed by atoms with van der Waals surface area (Å²) in [6.07, 6.45) is 0.820. The summed E-state index contributed by atoms with van der Waals surface area (Å²) in [5, 5.41) is 6.71. The lowest BCUT2D eigenvalue weighted by molar-refractivity contribution is -0.134. The van der Waals surface area contributed by atoms with Gasteiger partial charge in [0.1, 0.15) is 5.25 Å². The smallest absolute Gasteiger partial charge is 0.343 e. The van der Waals surface area contributed by atoms with Crippen LogP contribution in [0.5, 0.6) is 0 Å². The van der Waals surface area contributed by atoms with Gasteiger partial charge >= 0.3 is 5.69 Å². The summed E-state index contributed by atoms with van der Waals surface area (Å²) in [5.74, 6) is 0.0259. The molecule has 1 atom stereocenters. The number of aromatic nitrogens is 3. The summed E-state index contributed by atoms with van der Waals surface area (Å²) in [7, 11) is 0. The number of nitrogens with one attached hydrogen (secondary N) is 1. The van der Waals surface area contributed by atoms with Gasteiger partial charge in [0, 0.05) is 19.6 Å². The predicted octanol–water partition coefficient (Wildman–Crippen LogP) is 1.67. The predicted molar refractivity (Wildman–Crippen MR) is 95.6 cm³/mol. The number of ether oxygens (including phenoxy) is 1. The third kappa shape index (κ3) is 4.13. The minimum atomic E-state index is -0.440. The normalized spacial score (nSPS) is 16.0. The van der Waals surface area contributed by atoms with E-state index in [0.717, 1.165) is 12.0 Å². The SMILES string of the molecule is CCCn1c(S[C@@H](C(=O)N2CCOCC2)c2ccccc2)n[nH]c1=O. The second-order valence-electron chi connectivity index (χ2n) is 5.81. The van der Waals surface area contributed by atoms with Gasteiger partial charge in [0.25, 0.3) is 0 Å². The number of amides is 1. The van der Waals surface area contributed by atoms with Crippen molar-refractivity contribution in [2.24, 2.45) is 0 Å². The number of H-pyrrole nitrogens is 1. The highest BCUT2D eigenvalue weighted by Crippen LogP contribution is 2.35. The maximum Gasteiger partial charge on any atom is 0.343 e. The van der Waals surface area contributed by atoms with E-state index in [-0.39, 0.29) is 11.6 Å². The molecular weight excluding hydrogens is 340 g/mol. The molecule has 134 valence electrons. The molecule has 0 unspecified atom stereocenters. The Bertz CT molecular complexity index is 753.